The summed E-state index contributed by atoms with van der Waals surface area (Å²) in [6.45, 7) is 3.82. The largest absolute Gasteiger partial charge is 0.486 e. The fourth-order valence-corrected chi connectivity index (χ4v) is 4.90. The Morgan fingerprint density at radius 1 is 1.26 bits per heavy atom. The summed E-state index contributed by atoms with van der Waals surface area (Å²) < 4.78 is 7.98. The van der Waals surface area contributed by atoms with Gasteiger partial charge in [0.2, 0.25) is 0 Å². The summed E-state index contributed by atoms with van der Waals surface area (Å²) in [5.74, 6) is 0.220. The lowest BCUT2D eigenvalue weighted by molar-refractivity contribution is 0.102. The molecule has 34 heavy (non-hydrogen) atoms. The molecular formula is C23H23Cl2N7O2. The van der Waals surface area contributed by atoms with Crippen molar-refractivity contribution in [1.29, 1.82) is 0 Å². The molecule has 2 unspecified atom stereocenters. The van der Waals surface area contributed by atoms with Gasteiger partial charge in [-0.05, 0) is 45.1 Å². The topological polar surface area (TPSA) is 101 Å². The molecule has 1 aliphatic heterocycles. The summed E-state index contributed by atoms with van der Waals surface area (Å²) in [7, 11) is 2.09. The van der Waals surface area contributed by atoms with Gasteiger partial charge in [0.05, 0.1) is 33.5 Å². The van der Waals surface area contributed by atoms with E-state index < -0.39 is 6.10 Å². The van der Waals surface area contributed by atoms with Crippen LogP contribution in [0.4, 0.5) is 5.69 Å². The van der Waals surface area contributed by atoms with Gasteiger partial charge >= 0.3 is 0 Å². The number of likely N-dealkylation sites (N-methyl/N-ethyl adjacent to an activating group) is 1. The summed E-state index contributed by atoms with van der Waals surface area (Å²) in [4.78, 5) is 19.2. The molecule has 4 aromatic rings. The second kappa shape index (κ2) is 9.25. The lowest BCUT2D eigenvalue weighted by Crippen LogP contribution is -2.16. The second-order valence-corrected chi connectivity index (χ2v) is 9.24. The van der Waals surface area contributed by atoms with Crippen molar-refractivity contribution in [3.63, 3.8) is 0 Å². The van der Waals surface area contributed by atoms with Crippen LogP contribution in [0.15, 0.2) is 43.0 Å². The molecular weight excluding hydrogens is 477 g/mol. The lowest BCUT2D eigenvalue weighted by Gasteiger charge is -2.17. The molecule has 1 aliphatic rings. The molecule has 0 bridgehead atoms. The minimum absolute atomic E-state index is 0.265. The number of hydrogen-bond acceptors (Lipinski definition) is 6. The zero-order valence-corrected chi connectivity index (χ0v) is 20.1. The van der Waals surface area contributed by atoms with E-state index in [1.165, 1.54) is 12.4 Å². The predicted molar refractivity (Wildman–Crippen MR) is 131 cm³/mol. The van der Waals surface area contributed by atoms with Crippen molar-refractivity contribution in [1.82, 2.24) is 29.9 Å². The highest BCUT2D eigenvalue weighted by Crippen LogP contribution is 2.33. The molecule has 0 spiro atoms. The van der Waals surface area contributed by atoms with Crippen LogP contribution < -0.4 is 10.1 Å². The van der Waals surface area contributed by atoms with Crippen molar-refractivity contribution < 1.29 is 9.53 Å². The number of anilines is 1. The Morgan fingerprint density at radius 3 is 2.79 bits per heavy atom. The zero-order chi connectivity index (χ0) is 23.8. The number of carbonyl (C=O) groups excluding carboxylic acids is 1. The number of pyridine rings is 1. The number of aromatic amines is 1. The standard InChI is InChI=1S/C23H23Cl2N7O2/c1-13(21-18(24)9-26-10-19(21)25)34-16-3-4-20-17(7-16)22(30-29-20)23(33)28-14-8-27-32(11-14)15-5-6-31(2)12-15/h3-4,7-11,13,15H,5-6,12H2,1-2H3,(H,28,33)(H,29,30). The number of nitrogens with one attached hydrogen (secondary N) is 2. The van der Waals surface area contributed by atoms with Crippen molar-refractivity contribution in [3.05, 3.63) is 64.3 Å². The number of carbonyl (C=O) groups is 1. The van der Waals surface area contributed by atoms with Gasteiger partial charge in [0.25, 0.3) is 5.91 Å². The van der Waals surface area contributed by atoms with Crippen LogP contribution in [0.3, 0.4) is 0 Å². The summed E-state index contributed by atoms with van der Waals surface area (Å²) in [5, 5.41) is 15.9. The van der Waals surface area contributed by atoms with Crippen LogP contribution in [0.2, 0.25) is 10.0 Å². The number of rotatable bonds is 6. The smallest absolute Gasteiger partial charge is 0.276 e. The predicted octanol–water partition coefficient (Wildman–Crippen LogP) is 4.73. The van der Waals surface area contributed by atoms with Crippen LogP contribution in [0, 0.1) is 0 Å². The number of aromatic nitrogens is 5. The third kappa shape index (κ3) is 4.46. The lowest BCUT2D eigenvalue weighted by atomic mass is 10.1. The van der Waals surface area contributed by atoms with Crippen molar-refractivity contribution in [2.24, 2.45) is 0 Å². The molecule has 0 radical (unpaired) electrons. The highest BCUT2D eigenvalue weighted by molar-refractivity contribution is 6.35. The zero-order valence-electron chi connectivity index (χ0n) is 18.6. The number of fused-ring (bicyclic) bond motifs is 1. The van der Waals surface area contributed by atoms with Gasteiger partial charge in [-0.25, -0.2) is 0 Å². The fraction of sp³-hybridized carbons (Fsp3) is 0.304. The normalized spacial score (nSPS) is 17.2. The van der Waals surface area contributed by atoms with Crippen molar-refractivity contribution >= 4 is 45.7 Å². The van der Waals surface area contributed by atoms with E-state index in [1.807, 2.05) is 23.9 Å². The van der Waals surface area contributed by atoms with E-state index >= 15 is 0 Å². The maximum Gasteiger partial charge on any atom is 0.276 e. The molecule has 9 nitrogen and oxygen atoms in total. The van der Waals surface area contributed by atoms with Gasteiger partial charge in [0, 0.05) is 36.1 Å². The number of halogens is 2. The van der Waals surface area contributed by atoms with E-state index in [0.29, 0.717) is 38.5 Å². The average Bonchev–Trinajstić information content (AvgIpc) is 3.53. The van der Waals surface area contributed by atoms with Crippen molar-refractivity contribution in [2.45, 2.75) is 25.5 Å². The first-order valence-corrected chi connectivity index (χ1v) is 11.6. The molecule has 1 aromatic carbocycles. The molecule has 1 amide bonds. The number of hydrogen-bond donors (Lipinski definition) is 2. The van der Waals surface area contributed by atoms with Gasteiger partial charge in [-0.3, -0.25) is 19.6 Å². The van der Waals surface area contributed by atoms with E-state index in [9.17, 15) is 4.79 Å². The third-order valence-electron chi connectivity index (χ3n) is 5.96. The SMILES string of the molecule is CC(Oc1ccc2[nH]nc(C(=O)Nc3cnn(C4CCN(C)C4)c3)c2c1)c1c(Cl)cncc1Cl. The second-order valence-electron chi connectivity index (χ2n) is 8.42. The molecule has 0 saturated carbocycles. The maximum absolute atomic E-state index is 13.0. The quantitative estimate of drug-likeness (QED) is 0.397. The average molecular weight is 500 g/mol. The molecule has 3 aromatic heterocycles. The minimum Gasteiger partial charge on any atom is -0.486 e. The van der Waals surface area contributed by atoms with Crippen LogP contribution in [0.1, 0.15) is 41.5 Å². The molecule has 1 fully saturated rings. The number of nitrogens with zero attached hydrogens (tertiary/aromatic N) is 5. The molecule has 2 atom stereocenters. The van der Waals surface area contributed by atoms with Gasteiger partial charge in [-0.15, -0.1) is 0 Å². The highest BCUT2D eigenvalue weighted by Gasteiger charge is 2.23. The Morgan fingerprint density at radius 2 is 2.06 bits per heavy atom. The first kappa shape index (κ1) is 22.6. The van der Waals surface area contributed by atoms with Crippen LogP contribution in [-0.4, -0.2) is 55.9 Å². The van der Waals surface area contributed by atoms with Crippen LogP contribution in [-0.2, 0) is 0 Å². The Bertz CT molecular complexity index is 1330. The molecule has 2 N–H and O–H groups in total. The number of likely N-dealkylation sites (tertiary alicyclic amines) is 1. The fourth-order valence-electron chi connectivity index (χ4n) is 4.23. The van der Waals surface area contributed by atoms with Gasteiger partial charge in [-0.1, -0.05) is 23.2 Å². The minimum atomic E-state index is -0.426. The third-order valence-corrected chi connectivity index (χ3v) is 6.56. The molecule has 0 aliphatic carbocycles. The number of ether oxygens (including phenoxy) is 1. The van der Waals surface area contributed by atoms with Crippen LogP contribution in [0.25, 0.3) is 10.9 Å². The maximum atomic E-state index is 13.0. The Labute approximate surface area is 206 Å². The molecule has 5 rings (SSSR count). The van der Waals surface area contributed by atoms with Gasteiger partial charge in [0.15, 0.2) is 5.69 Å². The summed E-state index contributed by atoms with van der Waals surface area (Å²) >= 11 is 12.5. The number of amides is 1. The Hall–Kier alpha value is -3.14. The molecule has 11 heteroatoms. The van der Waals surface area contributed by atoms with Gasteiger partial charge in [-0.2, -0.15) is 10.2 Å². The molecule has 176 valence electrons. The van der Waals surface area contributed by atoms with E-state index in [-0.39, 0.29) is 11.6 Å². The Kier molecular flexibility index (Phi) is 6.16. The van der Waals surface area contributed by atoms with Gasteiger partial charge < -0.3 is 15.0 Å². The highest BCUT2D eigenvalue weighted by atomic mass is 35.5. The number of H-pyrrole nitrogens is 1. The first-order chi connectivity index (χ1) is 16.4. The van der Waals surface area contributed by atoms with E-state index in [4.69, 9.17) is 27.9 Å². The van der Waals surface area contributed by atoms with Crippen molar-refractivity contribution in [3.8, 4) is 5.75 Å². The van der Waals surface area contributed by atoms with Crippen LogP contribution >= 0.6 is 23.2 Å². The monoisotopic (exact) mass is 499 g/mol. The van der Waals surface area contributed by atoms with Crippen molar-refractivity contribution in [2.75, 3.05) is 25.5 Å². The molecule has 1 saturated heterocycles. The van der Waals surface area contributed by atoms with E-state index in [0.717, 1.165) is 25.0 Å². The first-order valence-electron chi connectivity index (χ1n) is 10.9. The molecule has 4 heterocycles. The number of benzene rings is 1. The van der Waals surface area contributed by atoms with E-state index in [2.05, 4.69) is 37.5 Å². The van der Waals surface area contributed by atoms with Crippen LogP contribution in [0.5, 0.6) is 5.75 Å². The summed E-state index contributed by atoms with van der Waals surface area (Å²) in [6.07, 6.45) is 7.17. The Balaban J connectivity index is 1.34. The summed E-state index contributed by atoms with van der Waals surface area (Å²) in [6, 6.07) is 5.69. The van der Waals surface area contributed by atoms with Gasteiger partial charge in [0.1, 0.15) is 11.9 Å². The van der Waals surface area contributed by atoms with E-state index in [1.54, 1.807) is 18.3 Å². The summed E-state index contributed by atoms with van der Waals surface area (Å²) in [5.41, 5.74) is 2.25.